The van der Waals surface area contributed by atoms with Crippen LogP contribution < -0.4 is 0 Å². The largest absolute Gasteiger partial charge is 0.393 e. The first-order valence-corrected chi connectivity index (χ1v) is 3.99. The Morgan fingerprint density at radius 2 is 1.80 bits per heavy atom. The molecule has 0 rings (SSSR count). The van der Waals surface area contributed by atoms with Crippen LogP contribution in [0.2, 0.25) is 0 Å². The number of rotatable bonds is 5. The molecule has 0 spiro atoms. The van der Waals surface area contributed by atoms with E-state index < -0.39 is 0 Å². The van der Waals surface area contributed by atoms with Gasteiger partial charge in [-0.3, -0.25) is 0 Å². The van der Waals surface area contributed by atoms with Gasteiger partial charge in [-0.25, -0.2) is 0 Å². The number of aliphatic hydroxyl groups is 1. The molecule has 0 bridgehead atoms. The first-order valence-electron chi connectivity index (χ1n) is 3.99. The Hall–Kier alpha value is 0.960. The molecular weight excluding hydrogens is 135 g/mol. The maximum atomic E-state index is 9.08. The Bertz CT molecular complexity index is 57.2. The summed E-state index contributed by atoms with van der Waals surface area (Å²) in [5.74, 6) is 0. The molecule has 0 aliphatic rings. The third kappa shape index (κ3) is 8.96. The van der Waals surface area contributed by atoms with Gasteiger partial charge in [-0.2, -0.15) is 0 Å². The predicted molar refractivity (Wildman–Crippen MR) is 46.2 cm³/mol. The van der Waals surface area contributed by atoms with Crippen molar-refractivity contribution < 1.29 is 5.11 Å². The summed E-state index contributed by atoms with van der Waals surface area (Å²) in [5.41, 5.74) is 0. The molecule has 0 saturated carbocycles. The van der Waals surface area contributed by atoms with Crippen LogP contribution in [0.4, 0.5) is 0 Å². The van der Waals surface area contributed by atoms with Crippen molar-refractivity contribution >= 4 is 29.6 Å². The van der Waals surface area contributed by atoms with Crippen LogP contribution in [-0.4, -0.2) is 40.8 Å². The Morgan fingerprint density at radius 3 is 2.20 bits per heavy atom. The molecule has 1 atom stereocenters. The van der Waals surface area contributed by atoms with Crippen molar-refractivity contribution in [2.45, 2.75) is 52.1 Å². The molecule has 0 amide bonds. The molecule has 10 heavy (non-hydrogen) atoms. The predicted octanol–water partition coefficient (Wildman–Crippen LogP) is 1.96. The summed E-state index contributed by atoms with van der Waals surface area (Å²) in [5, 5.41) is 9.08. The van der Waals surface area contributed by atoms with Crippen molar-refractivity contribution in [1.82, 2.24) is 0 Å². The zero-order chi connectivity index (χ0) is 7.11. The van der Waals surface area contributed by atoms with Crippen LogP contribution in [0.25, 0.3) is 0 Å². The fourth-order valence-corrected chi connectivity index (χ4v) is 0.834. The van der Waals surface area contributed by atoms with Gasteiger partial charge in [0.1, 0.15) is 0 Å². The van der Waals surface area contributed by atoms with E-state index in [1.807, 2.05) is 6.92 Å². The van der Waals surface area contributed by atoms with Gasteiger partial charge in [0.05, 0.1) is 6.10 Å². The molecule has 0 aliphatic heterocycles. The molecule has 0 fully saturated rings. The molecule has 1 N–H and O–H groups in total. The normalized spacial score (nSPS) is 12.3. The summed E-state index contributed by atoms with van der Waals surface area (Å²) in [6.07, 6.45) is 5.55. The zero-order valence-corrected chi connectivity index (χ0v) is 9.56. The maximum Gasteiger partial charge on any atom is 0.0537 e. The monoisotopic (exact) mass is 153 g/mol. The number of hydrogen-bond acceptors (Lipinski definition) is 1. The van der Waals surface area contributed by atoms with E-state index in [-0.39, 0.29) is 35.7 Å². The minimum atomic E-state index is -0.0449. The molecule has 0 heterocycles. The third-order valence-electron chi connectivity index (χ3n) is 1.61. The van der Waals surface area contributed by atoms with Gasteiger partial charge in [-0.05, 0) is 12.8 Å². The van der Waals surface area contributed by atoms with Gasteiger partial charge in [0, 0.05) is 29.6 Å². The molecule has 0 saturated heterocycles. The Balaban J connectivity index is 0. The number of unbranched alkanes of at least 4 members (excludes halogenated alkanes) is 2. The van der Waals surface area contributed by atoms with Gasteiger partial charge in [-0.15, -0.1) is 0 Å². The number of hydrogen-bond donors (Lipinski definition) is 1. The molecule has 0 aromatic heterocycles. The number of aliphatic hydroxyl groups excluding tert-OH is 1. The molecule has 0 aromatic carbocycles. The average Bonchev–Trinajstić information content (AvgIpc) is 1.89. The Kier molecular flexibility index (Phi) is 13.5. The second-order valence-electron chi connectivity index (χ2n) is 2.56. The van der Waals surface area contributed by atoms with Crippen molar-refractivity contribution in [3.8, 4) is 0 Å². The van der Waals surface area contributed by atoms with Crippen LogP contribution in [0.3, 0.4) is 0 Å². The summed E-state index contributed by atoms with van der Waals surface area (Å²) >= 11 is 0. The van der Waals surface area contributed by atoms with Crippen LogP contribution in [0.5, 0.6) is 0 Å². The minimum Gasteiger partial charge on any atom is -0.393 e. The fraction of sp³-hybridized carbons (Fsp3) is 1.00. The summed E-state index contributed by atoms with van der Waals surface area (Å²) in [6, 6.07) is 0. The van der Waals surface area contributed by atoms with E-state index in [2.05, 4.69) is 6.92 Å². The van der Waals surface area contributed by atoms with Crippen molar-refractivity contribution in [3.63, 3.8) is 0 Å². The molecule has 1 nitrogen and oxygen atoms in total. The summed E-state index contributed by atoms with van der Waals surface area (Å²) in [4.78, 5) is 0. The zero-order valence-electron chi connectivity index (χ0n) is 7.56. The summed E-state index contributed by atoms with van der Waals surface area (Å²) < 4.78 is 0. The van der Waals surface area contributed by atoms with E-state index in [4.69, 9.17) is 5.11 Å². The topological polar surface area (TPSA) is 20.2 Å². The minimum absolute atomic E-state index is 0. The van der Waals surface area contributed by atoms with Gasteiger partial charge in [0.15, 0.2) is 0 Å². The van der Waals surface area contributed by atoms with Crippen LogP contribution in [-0.2, 0) is 0 Å². The molecular formula is C8H18NaO. The molecule has 2 heteroatoms. The van der Waals surface area contributed by atoms with Gasteiger partial charge in [-0.1, -0.05) is 33.1 Å². The SMILES string of the molecule is CCCCCC(O)CC.[Na]. The van der Waals surface area contributed by atoms with E-state index in [0.717, 1.165) is 12.8 Å². The van der Waals surface area contributed by atoms with E-state index in [9.17, 15) is 0 Å². The first-order chi connectivity index (χ1) is 4.31. The average molecular weight is 153 g/mol. The van der Waals surface area contributed by atoms with Gasteiger partial charge < -0.3 is 5.11 Å². The first kappa shape index (κ1) is 13.5. The second kappa shape index (κ2) is 9.96. The molecule has 57 valence electrons. The molecule has 0 aromatic rings. The quantitative estimate of drug-likeness (QED) is 0.473. The van der Waals surface area contributed by atoms with Crippen molar-refractivity contribution in [3.05, 3.63) is 0 Å². The van der Waals surface area contributed by atoms with E-state index >= 15 is 0 Å². The van der Waals surface area contributed by atoms with E-state index in [1.165, 1.54) is 19.3 Å². The van der Waals surface area contributed by atoms with Crippen LogP contribution in [0.1, 0.15) is 46.0 Å². The van der Waals surface area contributed by atoms with Crippen molar-refractivity contribution in [1.29, 1.82) is 0 Å². The van der Waals surface area contributed by atoms with Crippen molar-refractivity contribution in [2.75, 3.05) is 0 Å². The van der Waals surface area contributed by atoms with Crippen LogP contribution >= 0.6 is 0 Å². The van der Waals surface area contributed by atoms with Gasteiger partial charge in [0.25, 0.3) is 0 Å². The maximum absolute atomic E-state index is 9.08. The van der Waals surface area contributed by atoms with E-state index in [0.29, 0.717) is 0 Å². The Labute approximate surface area is 86.5 Å². The fourth-order valence-electron chi connectivity index (χ4n) is 0.834. The summed E-state index contributed by atoms with van der Waals surface area (Å²) in [6.45, 7) is 4.20. The van der Waals surface area contributed by atoms with Gasteiger partial charge >= 0.3 is 0 Å². The van der Waals surface area contributed by atoms with Crippen LogP contribution in [0, 0.1) is 0 Å². The molecule has 0 aliphatic carbocycles. The van der Waals surface area contributed by atoms with Crippen LogP contribution in [0.15, 0.2) is 0 Å². The smallest absolute Gasteiger partial charge is 0.0537 e. The van der Waals surface area contributed by atoms with Crippen molar-refractivity contribution in [2.24, 2.45) is 0 Å². The van der Waals surface area contributed by atoms with Gasteiger partial charge in [0.2, 0.25) is 0 Å². The Morgan fingerprint density at radius 1 is 1.20 bits per heavy atom. The second-order valence-corrected chi connectivity index (χ2v) is 2.56. The van der Waals surface area contributed by atoms with E-state index in [1.54, 1.807) is 0 Å². The standard InChI is InChI=1S/C8H18O.Na/c1-3-5-6-7-8(9)4-2;/h8-9H,3-7H2,1-2H3;. The molecule has 1 unspecified atom stereocenters. The molecule has 1 radical (unpaired) electrons. The third-order valence-corrected chi connectivity index (χ3v) is 1.61. The summed E-state index contributed by atoms with van der Waals surface area (Å²) in [7, 11) is 0.